The lowest BCUT2D eigenvalue weighted by atomic mass is 10.1. The maximum Gasteiger partial charge on any atom is 0.273 e. The predicted molar refractivity (Wildman–Crippen MR) is 88.3 cm³/mol. The van der Waals surface area contributed by atoms with Crippen LogP contribution in [0.4, 0.5) is 20.2 Å². The van der Waals surface area contributed by atoms with Crippen molar-refractivity contribution in [1.29, 1.82) is 0 Å². The Morgan fingerprint density at radius 2 is 1.84 bits per heavy atom. The number of anilines is 2. The molecular weight excluding hydrogens is 354 g/mol. The first-order chi connectivity index (χ1) is 11.7. The maximum atomic E-state index is 13.7. The first kappa shape index (κ1) is 16.9. The molecule has 1 heterocycles. The van der Waals surface area contributed by atoms with Gasteiger partial charge in [0.25, 0.3) is 15.9 Å². The molecular formula is C16H12F2N2O4S. The second-order valence-corrected chi connectivity index (χ2v) is 7.15. The number of para-hydroxylation sites is 1. The number of aliphatic hydroxyl groups excluding tert-OH is 1. The normalized spacial score (nSPS) is 15.7. The average Bonchev–Trinajstić information content (AvgIpc) is 2.55. The van der Waals surface area contributed by atoms with E-state index in [-0.39, 0.29) is 11.3 Å². The number of nitrogens with one attached hydrogen (secondary N) is 1. The summed E-state index contributed by atoms with van der Waals surface area (Å²) in [5.74, 6) is -3.90. The van der Waals surface area contributed by atoms with E-state index in [9.17, 15) is 27.1 Å². The summed E-state index contributed by atoms with van der Waals surface area (Å²) >= 11 is 0. The smallest absolute Gasteiger partial charge is 0.273 e. The number of fused-ring (bicyclic) bond motifs is 1. The Bertz CT molecular complexity index is 1020. The van der Waals surface area contributed by atoms with Gasteiger partial charge in [-0.3, -0.25) is 9.10 Å². The minimum absolute atomic E-state index is 0.143. The Kier molecular flexibility index (Phi) is 3.96. The highest BCUT2D eigenvalue weighted by molar-refractivity contribution is 7.97. The molecule has 3 rings (SSSR count). The van der Waals surface area contributed by atoms with Gasteiger partial charge in [-0.05, 0) is 24.3 Å². The van der Waals surface area contributed by atoms with Gasteiger partial charge in [-0.15, -0.1) is 0 Å². The summed E-state index contributed by atoms with van der Waals surface area (Å²) in [5.41, 5.74) is -0.0718. The van der Waals surface area contributed by atoms with Crippen LogP contribution in [0.2, 0.25) is 0 Å². The number of halogens is 2. The van der Waals surface area contributed by atoms with E-state index >= 15 is 0 Å². The molecule has 9 heteroatoms. The quantitative estimate of drug-likeness (QED) is 0.855. The van der Waals surface area contributed by atoms with Crippen molar-refractivity contribution in [2.75, 3.05) is 16.7 Å². The molecule has 1 aliphatic heterocycles. The summed E-state index contributed by atoms with van der Waals surface area (Å²) in [6.45, 7) is 0. The third-order valence-electron chi connectivity index (χ3n) is 3.72. The van der Waals surface area contributed by atoms with Gasteiger partial charge in [0.2, 0.25) is 0 Å². The molecule has 0 spiro atoms. The summed E-state index contributed by atoms with van der Waals surface area (Å²) < 4.78 is 52.6. The zero-order valence-electron chi connectivity index (χ0n) is 12.8. The topological polar surface area (TPSA) is 86.7 Å². The van der Waals surface area contributed by atoms with Crippen molar-refractivity contribution in [3.05, 3.63) is 64.6 Å². The summed E-state index contributed by atoms with van der Waals surface area (Å²) in [5, 5.41) is 12.3. The third kappa shape index (κ3) is 2.72. The Morgan fingerprint density at radius 3 is 2.52 bits per heavy atom. The summed E-state index contributed by atoms with van der Waals surface area (Å²) in [6, 6.07) is 8.46. The molecule has 0 unspecified atom stereocenters. The Labute approximate surface area is 142 Å². The highest BCUT2D eigenvalue weighted by Crippen LogP contribution is 2.37. The monoisotopic (exact) mass is 366 g/mol. The van der Waals surface area contributed by atoms with Crippen LogP contribution >= 0.6 is 0 Å². The zero-order chi connectivity index (χ0) is 18.4. The highest BCUT2D eigenvalue weighted by atomic mass is 32.2. The number of carbonyl (C=O) groups excluding carboxylic acids is 1. The third-order valence-corrected chi connectivity index (χ3v) is 5.53. The van der Waals surface area contributed by atoms with Gasteiger partial charge in [0.15, 0.2) is 10.7 Å². The van der Waals surface area contributed by atoms with Crippen LogP contribution in [-0.4, -0.2) is 26.5 Å². The van der Waals surface area contributed by atoms with Gasteiger partial charge in [0.05, 0.1) is 11.4 Å². The number of aliphatic hydroxyl groups is 1. The molecule has 1 amide bonds. The molecule has 130 valence electrons. The van der Waals surface area contributed by atoms with Gasteiger partial charge in [-0.2, -0.15) is 0 Å². The standard InChI is InChI=1S/C16H12F2N2O4S/c1-20-13-5-3-2-4-10(13)14(21)15(25(20,23)24)16(22)19-12-7-6-9(17)8-11(12)18/h2-8,21H,1H3,(H,19,22). The average molecular weight is 366 g/mol. The van der Waals surface area contributed by atoms with Gasteiger partial charge in [0.1, 0.15) is 11.6 Å². The molecule has 0 fully saturated rings. The lowest BCUT2D eigenvalue weighted by Gasteiger charge is -2.28. The van der Waals surface area contributed by atoms with Crippen LogP contribution in [0, 0.1) is 11.6 Å². The fraction of sp³-hybridized carbons (Fsp3) is 0.0625. The van der Waals surface area contributed by atoms with Crippen LogP contribution in [0.1, 0.15) is 5.56 Å². The Morgan fingerprint density at radius 1 is 1.16 bits per heavy atom. The lowest BCUT2D eigenvalue weighted by molar-refractivity contribution is -0.112. The van der Waals surface area contributed by atoms with Crippen molar-refractivity contribution >= 4 is 33.1 Å². The van der Waals surface area contributed by atoms with Crippen molar-refractivity contribution in [2.45, 2.75) is 0 Å². The van der Waals surface area contributed by atoms with Gasteiger partial charge in [-0.1, -0.05) is 12.1 Å². The number of amides is 1. The number of hydrogen-bond donors (Lipinski definition) is 2. The molecule has 0 radical (unpaired) electrons. The molecule has 0 bridgehead atoms. The van der Waals surface area contributed by atoms with Crippen molar-refractivity contribution in [3.8, 4) is 0 Å². The molecule has 0 atom stereocenters. The molecule has 2 N–H and O–H groups in total. The molecule has 0 aliphatic carbocycles. The largest absolute Gasteiger partial charge is 0.506 e. The molecule has 1 aliphatic rings. The molecule has 0 aromatic heterocycles. The van der Waals surface area contributed by atoms with Crippen LogP contribution in [0.3, 0.4) is 0 Å². The molecule has 2 aromatic carbocycles. The Balaban J connectivity index is 2.09. The number of sulfonamides is 1. The fourth-order valence-corrected chi connectivity index (χ4v) is 3.79. The van der Waals surface area contributed by atoms with Crippen molar-refractivity contribution < 1.29 is 27.1 Å². The van der Waals surface area contributed by atoms with Gasteiger partial charge >= 0.3 is 0 Å². The Hall–Kier alpha value is -2.94. The van der Waals surface area contributed by atoms with Crippen LogP contribution in [0.5, 0.6) is 0 Å². The van der Waals surface area contributed by atoms with E-state index < -0.39 is 43.9 Å². The zero-order valence-corrected chi connectivity index (χ0v) is 13.6. The van der Waals surface area contributed by atoms with Crippen molar-refractivity contribution in [1.82, 2.24) is 0 Å². The first-order valence-electron chi connectivity index (χ1n) is 7.01. The van der Waals surface area contributed by atoms with E-state index in [1.807, 2.05) is 5.32 Å². The predicted octanol–water partition coefficient (Wildman–Crippen LogP) is 2.61. The SMILES string of the molecule is CN1c2ccccc2C(O)=C(C(=O)Nc2ccc(F)cc2F)S1(=O)=O. The number of carbonyl (C=O) groups is 1. The van der Waals surface area contributed by atoms with E-state index in [4.69, 9.17) is 0 Å². The van der Waals surface area contributed by atoms with Crippen LogP contribution in [0.15, 0.2) is 47.4 Å². The van der Waals surface area contributed by atoms with Crippen molar-refractivity contribution in [3.63, 3.8) is 0 Å². The molecule has 0 saturated carbocycles. The summed E-state index contributed by atoms with van der Waals surface area (Å²) in [7, 11) is -3.12. The summed E-state index contributed by atoms with van der Waals surface area (Å²) in [4.78, 5) is 11.5. The number of nitrogens with zero attached hydrogens (tertiary/aromatic N) is 1. The van der Waals surface area contributed by atoms with E-state index in [2.05, 4.69) is 0 Å². The molecule has 6 nitrogen and oxygen atoms in total. The molecule has 25 heavy (non-hydrogen) atoms. The highest BCUT2D eigenvalue weighted by Gasteiger charge is 2.39. The minimum atomic E-state index is -4.35. The molecule has 2 aromatic rings. The van der Waals surface area contributed by atoms with Gasteiger partial charge in [-0.25, -0.2) is 17.2 Å². The van der Waals surface area contributed by atoms with Crippen LogP contribution in [0.25, 0.3) is 5.76 Å². The fourth-order valence-electron chi connectivity index (χ4n) is 2.45. The second-order valence-electron chi connectivity index (χ2n) is 5.25. The minimum Gasteiger partial charge on any atom is -0.506 e. The number of hydrogen-bond acceptors (Lipinski definition) is 4. The van der Waals surface area contributed by atoms with E-state index in [1.54, 1.807) is 12.1 Å². The lowest BCUT2D eigenvalue weighted by Crippen LogP contribution is -2.37. The summed E-state index contributed by atoms with van der Waals surface area (Å²) in [6.07, 6.45) is 0. The number of benzene rings is 2. The molecule has 0 saturated heterocycles. The second kappa shape index (κ2) is 5.85. The van der Waals surface area contributed by atoms with E-state index in [0.29, 0.717) is 6.07 Å². The van der Waals surface area contributed by atoms with E-state index in [0.717, 1.165) is 16.4 Å². The first-order valence-corrected chi connectivity index (χ1v) is 8.45. The van der Waals surface area contributed by atoms with Gasteiger partial charge < -0.3 is 10.4 Å². The van der Waals surface area contributed by atoms with E-state index in [1.165, 1.54) is 19.2 Å². The van der Waals surface area contributed by atoms with Crippen LogP contribution < -0.4 is 9.62 Å². The van der Waals surface area contributed by atoms with Crippen molar-refractivity contribution in [2.24, 2.45) is 0 Å². The number of rotatable bonds is 2. The van der Waals surface area contributed by atoms with Gasteiger partial charge in [0, 0.05) is 18.7 Å². The maximum absolute atomic E-state index is 13.7. The van der Waals surface area contributed by atoms with Crippen LogP contribution in [-0.2, 0) is 14.8 Å².